The first kappa shape index (κ1) is 29.7. The smallest absolute Gasteiger partial charge is 0.200 e. The van der Waals surface area contributed by atoms with Crippen molar-refractivity contribution in [3.8, 4) is 17.2 Å². The molecule has 3 N–H and O–H groups in total. The molecule has 2 heterocycles. The van der Waals surface area contributed by atoms with E-state index < -0.39 is 0 Å². The molecule has 1 aliphatic heterocycles. The zero-order chi connectivity index (χ0) is 28.2. The van der Waals surface area contributed by atoms with Crippen LogP contribution < -0.4 is 19.7 Å². The van der Waals surface area contributed by atoms with Crippen molar-refractivity contribution < 1.29 is 14.6 Å². The molecule has 0 amide bonds. The van der Waals surface area contributed by atoms with E-state index in [-0.39, 0.29) is 5.75 Å². The maximum atomic E-state index is 10.8. The molecular formula is C32H44N4O3S. The fourth-order valence-corrected chi connectivity index (χ4v) is 5.45. The molecule has 0 saturated carbocycles. The molecule has 0 atom stereocenters. The minimum absolute atomic E-state index is 0.116. The van der Waals surface area contributed by atoms with Crippen molar-refractivity contribution in [3.63, 3.8) is 0 Å². The van der Waals surface area contributed by atoms with Crippen molar-refractivity contribution in [2.24, 2.45) is 0 Å². The average molecular weight is 565 g/mol. The normalized spacial score (nSPS) is 13.8. The zero-order valence-electron chi connectivity index (χ0n) is 24.0. The van der Waals surface area contributed by atoms with E-state index in [2.05, 4.69) is 41.1 Å². The quantitative estimate of drug-likeness (QED) is 0.102. The number of thiophene rings is 1. The Labute approximate surface area is 243 Å². The summed E-state index contributed by atoms with van der Waals surface area (Å²) >= 11 is 1.56. The van der Waals surface area contributed by atoms with E-state index in [0.717, 1.165) is 87.4 Å². The first-order valence-electron chi connectivity index (χ1n) is 14.7. The molecule has 4 rings (SSSR count). The summed E-state index contributed by atoms with van der Waals surface area (Å²) in [5, 5.41) is 24.2. The summed E-state index contributed by atoms with van der Waals surface area (Å²) in [5.41, 5.74) is 3.22. The highest BCUT2D eigenvalue weighted by Crippen LogP contribution is 2.38. The number of aromatic hydroxyl groups is 1. The van der Waals surface area contributed by atoms with Crippen LogP contribution >= 0.6 is 11.3 Å². The molecule has 216 valence electrons. The molecule has 7 nitrogen and oxygen atoms in total. The van der Waals surface area contributed by atoms with Crippen molar-refractivity contribution in [2.45, 2.75) is 58.9 Å². The van der Waals surface area contributed by atoms with Gasteiger partial charge in [0, 0.05) is 44.1 Å². The number of amidine groups is 1. The Bertz CT molecular complexity index is 1140. The molecular weight excluding hydrogens is 520 g/mol. The Morgan fingerprint density at radius 1 is 0.900 bits per heavy atom. The highest BCUT2D eigenvalue weighted by Gasteiger charge is 2.20. The Hall–Kier alpha value is -3.23. The maximum Gasteiger partial charge on any atom is 0.200 e. The van der Waals surface area contributed by atoms with E-state index >= 15 is 0 Å². The first-order valence-corrected chi connectivity index (χ1v) is 15.5. The first-order chi connectivity index (χ1) is 19.6. The van der Waals surface area contributed by atoms with Gasteiger partial charge in [0.15, 0.2) is 11.5 Å². The number of rotatable bonds is 15. The molecule has 0 unspecified atom stereocenters. The summed E-state index contributed by atoms with van der Waals surface area (Å²) < 4.78 is 12.0. The number of benzene rings is 2. The van der Waals surface area contributed by atoms with Gasteiger partial charge in [-0.2, -0.15) is 0 Å². The van der Waals surface area contributed by atoms with E-state index in [1.165, 1.54) is 5.69 Å². The van der Waals surface area contributed by atoms with Crippen molar-refractivity contribution in [1.29, 1.82) is 5.41 Å². The molecule has 3 aromatic rings. The molecule has 1 saturated heterocycles. The number of ether oxygens (including phenoxy) is 2. The molecule has 1 fully saturated rings. The van der Waals surface area contributed by atoms with E-state index in [4.69, 9.17) is 14.9 Å². The highest BCUT2D eigenvalue weighted by molar-refractivity contribution is 7.12. The number of hydrogen-bond acceptors (Lipinski definition) is 7. The second kappa shape index (κ2) is 15.5. The summed E-state index contributed by atoms with van der Waals surface area (Å²) in [7, 11) is 0. The maximum absolute atomic E-state index is 10.8. The lowest BCUT2D eigenvalue weighted by Crippen LogP contribution is -2.45. The molecule has 1 aromatic heterocycles. The van der Waals surface area contributed by atoms with Crippen molar-refractivity contribution in [3.05, 3.63) is 64.4 Å². The average Bonchev–Trinajstić information content (AvgIpc) is 3.52. The van der Waals surface area contributed by atoms with Gasteiger partial charge in [0.2, 0.25) is 5.75 Å². The van der Waals surface area contributed by atoms with E-state index in [0.29, 0.717) is 30.5 Å². The Kier molecular flexibility index (Phi) is 11.5. The van der Waals surface area contributed by atoms with Gasteiger partial charge in [0.25, 0.3) is 0 Å². The summed E-state index contributed by atoms with van der Waals surface area (Å²) in [6, 6.07) is 16.2. The van der Waals surface area contributed by atoms with Crippen LogP contribution in [-0.2, 0) is 6.54 Å². The number of phenols is 1. The lowest BCUT2D eigenvalue weighted by atomic mass is 10.1. The van der Waals surface area contributed by atoms with Gasteiger partial charge in [-0.15, -0.1) is 11.3 Å². The van der Waals surface area contributed by atoms with Crippen molar-refractivity contribution >= 4 is 28.5 Å². The Morgan fingerprint density at radius 3 is 2.08 bits per heavy atom. The number of hydrogen-bond donors (Lipinski definition) is 3. The van der Waals surface area contributed by atoms with Crippen LogP contribution in [-0.4, -0.2) is 55.2 Å². The van der Waals surface area contributed by atoms with Gasteiger partial charge < -0.3 is 24.8 Å². The predicted molar refractivity (Wildman–Crippen MR) is 167 cm³/mol. The van der Waals surface area contributed by atoms with E-state index in [1.807, 2.05) is 41.8 Å². The lowest BCUT2D eigenvalue weighted by Gasteiger charge is -2.36. The number of nitrogens with one attached hydrogen (secondary N) is 2. The largest absolute Gasteiger partial charge is 0.502 e. The highest BCUT2D eigenvalue weighted by atomic mass is 32.1. The molecule has 1 aliphatic rings. The van der Waals surface area contributed by atoms with E-state index in [1.54, 1.807) is 11.3 Å². The van der Waals surface area contributed by atoms with Crippen LogP contribution in [0, 0.1) is 5.41 Å². The molecule has 40 heavy (non-hydrogen) atoms. The summed E-state index contributed by atoms with van der Waals surface area (Å²) in [4.78, 5) is 5.79. The van der Waals surface area contributed by atoms with Crippen molar-refractivity contribution in [2.75, 3.05) is 49.6 Å². The van der Waals surface area contributed by atoms with Crippen LogP contribution in [0.25, 0.3) is 0 Å². The zero-order valence-corrected chi connectivity index (χ0v) is 24.8. The third-order valence-corrected chi connectivity index (χ3v) is 8.05. The SMILES string of the molecule is CCCCCOc1cc(CN2CCN(c3ccc(NC(=N)c4cccs4)cc3)CC2)cc(OCCCCC)c1O. The third-order valence-electron chi connectivity index (χ3n) is 7.16. The molecule has 0 spiro atoms. The fourth-order valence-electron chi connectivity index (χ4n) is 4.82. The van der Waals surface area contributed by atoms with Gasteiger partial charge in [0.05, 0.1) is 18.1 Å². The molecule has 2 aromatic carbocycles. The van der Waals surface area contributed by atoms with Crippen LogP contribution in [0.2, 0.25) is 0 Å². The summed E-state index contributed by atoms with van der Waals surface area (Å²) in [6.07, 6.45) is 6.45. The Morgan fingerprint density at radius 2 is 1.52 bits per heavy atom. The van der Waals surface area contributed by atoms with Gasteiger partial charge in [-0.1, -0.05) is 45.6 Å². The van der Waals surface area contributed by atoms with Gasteiger partial charge in [-0.3, -0.25) is 10.3 Å². The molecule has 0 aliphatic carbocycles. The minimum Gasteiger partial charge on any atom is -0.502 e. The topological polar surface area (TPSA) is 81.1 Å². The predicted octanol–water partition coefficient (Wildman–Crippen LogP) is 7.35. The van der Waals surface area contributed by atoms with Gasteiger partial charge in [0.1, 0.15) is 5.84 Å². The van der Waals surface area contributed by atoms with E-state index in [9.17, 15) is 5.11 Å². The number of anilines is 2. The standard InChI is InChI=1S/C32H44N4O3S/c1-3-5-7-19-38-28-22-25(23-29(31(28)37)39-20-8-6-4-2)24-35-15-17-36(18-16-35)27-13-11-26(12-14-27)34-32(33)30-10-9-21-40-30/h9-14,21-23,37H,3-8,15-20,24H2,1-2H3,(H2,33,34). The number of unbranched alkanes of at least 4 members (excludes halogenated alkanes) is 4. The van der Waals surface area contributed by atoms with Gasteiger partial charge >= 0.3 is 0 Å². The second-order valence-corrected chi connectivity index (χ2v) is 11.3. The lowest BCUT2D eigenvalue weighted by molar-refractivity contribution is 0.244. The number of phenolic OH excluding ortho intramolecular Hbond substituents is 1. The van der Waals surface area contributed by atoms with Crippen LogP contribution in [0.4, 0.5) is 11.4 Å². The minimum atomic E-state index is 0.116. The number of nitrogens with zero attached hydrogens (tertiary/aromatic N) is 2. The van der Waals surface area contributed by atoms with Crippen molar-refractivity contribution in [1.82, 2.24) is 4.90 Å². The molecule has 8 heteroatoms. The Balaban J connectivity index is 1.33. The van der Waals surface area contributed by atoms with Gasteiger partial charge in [-0.25, -0.2) is 0 Å². The number of piperazine rings is 1. The van der Waals surface area contributed by atoms with Crippen LogP contribution in [0.5, 0.6) is 17.2 Å². The second-order valence-electron chi connectivity index (χ2n) is 10.3. The molecule has 0 bridgehead atoms. The fraction of sp³-hybridized carbons (Fsp3) is 0.469. The monoisotopic (exact) mass is 564 g/mol. The summed E-state index contributed by atoms with van der Waals surface area (Å²) in [5.74, 6) is 1.59. The molecule has 0 radical (unpaired) electrons. The third kappa shape index (κ3) is 8.63. The van der Waals surface area contributed by atoms with Crippen LogP contribution in [0.1, 0.15) is 62.8 Å². The van der Waals surface area contributed by atoms with Crippen LogP contribution in [0.15, 0.2) is 53.9 Å². The summed E-state index contributed by atoms with van der Waals surface area (Å²) in [6.45, 7) is 10.1. The van der Waals surface area contributed by atoms with Crippen LogP contribution in [0.3, 0.4) is 0 Å². The van der Waals surface area contributed by atoms with Gasteiger partial charge in [-0.05, 0) is 66.2 Å².